The van der Waals surface area contributed by atoms with Crippen LogP contribution >= 0.6 is 23.2 Å². The standard InChI is InChI=1S/C23H26Cl2N2O2/c1-26(22(29)14-15-7-9-18(24)19(25)13-15)23-17-5-4-6-21(28)16(17)8-10-20(23)27-11-2-3-12-27/h4-7,9,13,20,23,28H,2-3,8,10-12,14H2,1H3. The predicted molar refractivity (Wildman–Crippen MR) is 117 cm³/mol. The van der Waals surface area contributed by atoms with Gasteiger partial charge in [-0.2, -0.15) is 0 Å². The molecule has 2 aromatic carbocycles. The van der Waals surface area contributed by atoms with E-state index in [1.54, 1.807) is 18.2 Å². The summed E-state index contributed by atoms with van der Waals surface area (Å²) in [6, 6.07) is 11.2. The van der Waals surface area contributed by atoms with Crippen LogP contribution in [0.5, 0.6) is 5.75 Å². The van der Waals surface area contributed by atoms with Crippen LogP contribution in [-0.4, -0.2) is 47.0 Å². The highest BCUT2D eigenvalue weighted by Crippen LogP contribution is 2.41. The molecule has 2 unspecified atom stereocenters. The SMILES string of the molecule is CN(C(=O)Cc1ccc(Cl)c(Cl)c1)C1c2cccc(O)c2CCC1N1CCCC1. The maximum atomic E-state index is 13.2. The van der Waals surface area contributed by atoms with Crippen LogP contribution in [0.1, 0.15) is 42.0 Å². The van der Waals surface area contributed by atoms with E-state index < -0.39 is 0 Å². The predicted octanol–water partition coefficient (Wildman–Crippen LogP) is 4.85. The first kappa shape index (κ1) is 20.5. The number of halogens is 2. The number of fused-ring (bicyclic) bond motifs is 1. The number of likely N-dealkylation sites (N-methyl/N-ethyl adjacent to an activating group) is 1. The summed E-state index contributed by atoms with van der Waals surface area (Å²) in [6.45, 7) is 2.15. The van der Waals surface area contributed by atoms with Gasteiger partial charge in [-0.3, -0.25) is 9.69 Å². The summed E-state index contributed by atoms with van der Waals surface area (Å²) in [7, 11) is 1.88. The lowest BCUT2D eigenvalue weighted by molar-refractivity contribution is -0.133. The average molecular weight is 433 g/mol. The van der Waals surface area contributed by atoms with E-state index in [9.17, 15) is 9.90 Å². The van der Waals surface area contributed by atoms with Crippen LogP contribution in [0.15, 0.2) is 36.4 Å². The molecule has 6 heteroatoms. The van der Waals surface area contributed by atoms with E-state index >= 15 is 0 Å². The zero-order valence-corrected chi connectivity index (χ0v) is 18.1. The highest BCUT2D eigenvalue weighted by Gasteiger charge is 2.39. The molecule has 4 nitrogen and oxygen atoms in total. The Hall–Kier alpha value is -1.75. The number of aromatic hydroxyl groups is 1. The average Bonchev–Trinajstić information content (AvgIpc) is 3.24. The van der Waals surface area contributed by atoms with E-state index in [1.807, 2.05) is 24.1 Å². The largest absolute Gasteiger partial charge is 0.508 e. The molecule has 1 saturated heterocycles. The van der Waals surface area contributed by atoms with Crippen LogP contribution in [0.25, 0.3) is 0 Å². The molecule has 154 valence electrons. The van der Waals surface area contributed by atoms with Gasteiger partial charge in [-0.1, -0.05) is 41.4 Å². The molecule has 0 saturated carbocycles. The Morgan fingerprint density at radius 3 is 2.66 bits per heavy atom. The summed E-state index contributed by atoms with van der Waals surface area (Å²) in [6.07, 6.45) is 4.47. The molecule has 0 bridgehead atoms. The lowest BCUT2D eigenvalue weighted by Crippen LogP contribution is -2.48. The Morgan fingerprint density at radius 2 is 1.93 bits per heavy atom. The monoisotopic (exact) mass is 432 g/mol. The molecule has 1 heterocycles. The van der Waals surface area contributed by atoms with Gasteiger partial charge >= 0.3 is 0 Å². The first-order valence-electron chi connectivity index (χ1n) is 10.2. The van der Waals surface area contributed by atoms with Gasteiger partial charge in [-0.25, -0.2) is 0 Å². The van der Waals surface area contributed by atoms with Crippen molar-refractivity contribution in [1.29, 1.82) is 0 Å². The van der Waals surface area contributed by atoms with Crippen molar-refractivity contribution in [3.05, 3.63) is 63.1 Å². The summed E-state index contributed by atoms with van der Waals surface area (Å²) < 4.78 is 0. The number of benzene rings is 2. The Labute approximate surface area is 182 Å². The number of nitrogens with zero attached hydrogens (tertiary/aromatic N) is 2. The molecule has 2 aliphatic rings. The smallest absolute Gasteiger partial charge is 0.227 e. The topological polar surface area (TPSA) is 43.8 Å². The molecule has 1 fully saturated rings. The molecule has 0 radical (unpaired) electrons. The van der Waals surface area contributed by atoms with Crippen LogP contribution in [-0.2, 0) is 17.6 Å². The molecule has 1 amide bonds. The van der Waals surface area contributed by atoms with Gasteiger partial charge in [0.05, 0.1) is 22.5 Å². The number of likely N-dealkylation sites (tertiary alicyclic amines) is 1. The summed E-state index contributed by atoms with van der Waals surface area (Å²) in [5.41, 5.74) is 2.89. The Kier molecular flexibility index (Phi) is 6.05. The number of hydrogen-bond donors (Lipinski definition) is 1. The molecule has 2 atom stereocenters. The summed E-state index contributed by atoms with van der Waals surface area (Å²) in [4.78, 5) is 17.6. The second-order valence-electron chi connectivity index (χ2n) is 8.07. The van der Waals surface area contributed by atoms with Gasteiger partial charge in [0.25, 0.3) is 0 Å². The van der Waals surface area contributed by atoms with E-state index in [0.717, 1.165) is 42.6 Å². The number of phenols is 1. The van der Waals surface area contributed by atoms with Gasteiger partial charge in [0, 0.05) is 13.1 Å². The minimum Gasteiger partial charge on any atom is -0.508 e. The zero-order chi connectivity index (χ0) is 20.5. The van der Waals surface area contributed by atoms with E-state index in [2.05, 4.69) is 11.0 Å². The van der Waals surface area contributed by atoms with Crippen LogP contribution in [0.4, 0.5) is 0 Å². The molecular weight excluding hydrogens is 407 g/mol. The zero-order valence-electron chi connectivity index (χ0n) is 16.6. The lowest BCUT2D eigenvalue weighted by atomic mass is 9.82. The van der Waals surface area contributed by atoms with Gasteiger partial charge in [-0.15, -0.1) is 0 Å². The first-order chi connectivity index (χ1) is 14.0. The normalized spacial score (nSPS) is 21.8. The highest BCUT2D eigenvalue weighted by molar-refractivity contribution is 6.42. The van der Waals surface area contributed by atoms with E-state index in [-0.39, 0.29) is 24.4 Å². The first-order valence-corrected chi connectivity index (χ1v) is 11.0. The fraction of sp³-hybridized carbons (Fsp3) is 0.435. The number of carbonyl (C=O) groups is 1. The Morgan fingerprint density at radius 1 is 1.17 bits per heavy atom. The highest BCUT2D eigenvalue weighted by atomic mass is 35.5. The van der Waals surface area contributed by atoms with Crippen LogP contribution in [0.3, 0.4) is 0 Å². The quantitative estimate of drug-likeness (QED) is 0.750. The Bertz CT molecular complexity index is 912. The summed E-state index contributed by atoms with van der Waals surface area (Å²) >= 11 is 12.1. The summed E-state index contributed by atoms with van der Waals surface area (Å²) in [5.74, 6) is 0.367. The van der Waals surface area contributed by atoms with Crippen molar-refractivity contribution < 1.29 is 9.90 Å². The maximum Gasteiger partial charge on any atom is 0.227 e. The molecule has 1 aliphatic carbocycles. The number of phenolic OH excluding ortho intramolecular Hbond substituents is 1. The van der Waals surface area contributed by atoms with Crippen LogP contribution in [0, 0.1) is 0 Å². The van der Waals surface area contributed by atoms with E-state index in [1.165, 1.54) is 12.8 Å². The fourth-order valence-electron chi connectivity index (χ4n) is 4.83. The van der Waals surface area contributed by atoms with Crippen molar-refractivity contribution in [3.8, 4) is 5.75 Å². The minimum atomic E-state index is -0.0702. The fourth-order valence-corrected chi connectivity index (χ4v) is 5.15. The number of amides is 1. The van der Waals surface area contributed by atoms with E-state index in [4.69, 9.17) is 23.2 Å². The second kappa shape index (κ2) is 8.55. The third-order valence-electron chi connectivity index (χ3n) is 6.32. The van der Waals surface area contributed by atoms with Crippen LogP contribution in [0.2, 0.25) is 10.0 Å². The molecule has 0 aromatic heterocycles. The molecule has 0 spiro atoms. The van der Waals surface area contributed by atoms with Crippen LogP contribution < -0.4 is 0 Å². The number of carbonyl (C=O) groups excluding carboxylic acids is 1. The van der Waals surface area contributed by atoms with Crippen molar-refractivity contribution >= 4 is 29.1 Å². The molecular formula is C23H26Cl2N2O2. The third kappa shape index (κ3) is 4.11. The third-order valence-corrected chi connectivity index (χ3v) is 7.06. The molecule has 4 rings (SSSR count). The van der Waals surface area contributed by atoms with Crippen molar-refractivity contribution in [3.63, 3.8) is 0 Å². The minimum absolute atomic E-state index is 0.0359. The van der Waals surface area contributed by atoms with Crippen molar-refractivity contribution in [1.82, 2.24) is 9.80 Å². The van der Waals surface area contributed by atoms with Gasteiger partial charge in [0.1, 0.15) is 5.75 Å². The molecule has 1 N–H and O–H groups in total. The number of rotatable bonds is 4. The second-order valence-corrected chi connectivity index (χ2v) is 8.88. The molecule has 29 heavy (non-hydrogen) atoms. The van der Waals surface area contributed by atoms with Gasteiger partial charge in [0.2, 0.25) is 5.91 Å². The van der Waals surface area contributed by atoms with Crippen molar-refractivity contribution in [2.45, 2.75) is 44.2 Å². The molecule has 2 aromatic rings. The van der Waals surface area contributed by atoms with Gasteiger partial charge in [0.15, 0.2) is 0 Å². The Balaban J connectivity index is 1.63. The van der Waals surface area contributed by atoms with Crippen molar-refractivity contribution in [2.24, 2.45) is 0 Å². The van der Waals surface area contributed by atoms with Crippen molar-refractivity contribution in [2.75, 3.05) is 20.1 Å². The molecule has 1 aliphatic heterocycles. The number of hydrogen-bond acceptors (Lipinski definition) is 3. The lowest BCUT2D eigenvalue weighted by Gasteiger charge is -2.43. The van der Waals surface area contributed by atoms with Gasteiger partial charge in [-0.05, 0) is 73.7 Å². The summed E-state index contributed by atoms with van der Waals surface area (Å²) in [5, 5.41) is 11.3. The van der Waals surface area contributed by atoms with Gasteiger partial charge < -0.3 is 10.0 Å². The maximum absolute atomic E-state index is 13.2. The van der Waals surface area contributed by atoms with E-state index in [0.29, 0.717) is 15.8 Å².